The molecule has 0 atom stereocenters. The van der Waals surface area contributed by atoms with Gasteiger partial charge in [-0.05, 0) is 63.2 Å². The number of para-hydroxylation sites is 2. The smallest absolute Gasteiger partial charge is 0.236 e. The number of fused-ring (bicyclic) bond motifs is 1. The summed E-state index contributed by atoms with van der Waals surface area (Å²) in [5.74, 6) is 1.01. The van der Waals surface area contributed by atoms with Gasteiger partial charge in [-0.25, -0.2) is 4.98 Å². The van der Waals surface area contributed by atoms with Gasteiger partial charge in [-0.1, -0.05) is 12.1 Å². The van der Waals surface area contributed by atoms with Crippen molar-refractivity contribution in [3.8, 4) is 0 Å². The van der Waals surface area contributed by atoms with E-state index in [1.54, 1.807) is 0 Å². The monoisotopic (exact) mass is 340 g/mol. The maximum atomic E-state index is 12.4. The van der Waals surface area contributed by atoms with E-state index in [4.69, 9.17) is 0 Å². The number of piperidine rings is 2. The van der Waals surface area contributed by atoms with Crippen LogP contribution in [0.15, 0.2) is 30.6 Å². The lowest BCUT2D eigenvalue weighted by Crippen LogP contribution is -2.45. The van der Waals surface area contributed by atoms with Crippen LogP contribution in [0.5, 0.6) is 0 Å². The summed E-state index contributed by atoms with van der Waals surface area (Å²) in [5.41, 5.74) is 2.30. The van der Waals surface area contributed by atoms with Crippen LogP contribution in [0, 0.1) is 5.92 Å². The summed E-state index contributed by atoms with van der Waals surface area (Å²) in [6, 6.07) is 8.34. The predicted octanol–water partition coefficient (Wildman–Crippen LogP) is 2.76. The first-order valence-electron chi connectivity index (χ1n) is 9.69. The van der Waals surface area contributed by atoms with Crippen molar-refractivity contribution in [3.63, 3.8) is 0 Å². The average molecular weight is 340 g/mol. The molecule has 2 aromatic rings. The minimum absolute atomic E-state index is 0.332. The highest BCUT2D eigenvalue weighted by Crippen LogP contribution is 2.22. The highest BCUT2D eigenvalue weighted by molar-refractivity contribution is 5.78. The van der Waals surface area contributed by atoms with Crippen molar-refractivity contribution in [1.82, 2.24) is 19.4 Å². The van der Waals surface area contributed by atoms with Gasteiger partial charge < -0.3 is 9.47 Å². The number of nitrogens with zero attached hydrogens (tertiary/aromatic N) is 4. The van der Waals surface area contributed by atoms with E-state index in [0.717, 1.165) is 38.2 Å². The average Bonchev–Trinajstić information content (AvgIpc) is 3.07. The molecule has 134 valence electrons. The normalized spacial score (nSPS) is 20.2. The quantitative estimate of drug-likeness (QED) is 0.859. The van der Waals surface area contributed by atoms with Gasteiger partial charge >= 0.3 is 0 Å². The molecule has 5 nitrogen and oxygen atoms in total. The maximum Gasteiger partial charge on any atom is 0.236 e. The Bertz CT molecular complexity index is 711. The molecule has 0 saturated carbocycles. The molecule has 3 heterocycles. The summed E-state index contributed by atoms with van der Waals surface area (Å²) in [6.07, 6.45) is 7.92. The lowest BCUT2D eigenvalue weighted by Gasteiger charge is -2.34. The maximum absolute atomic E-state index is 12.4. The van der Waals surface area contributed by atoms with Gasteiger partial charge in [0.25, 0.3) is 0 Å². The van der Waals surface area contributed by atoms with E-state index >= 15 is 0 Å². The third-order valence-electron chi connectivity index (χ3n) is 5.76. The van der Waals surface area contributed by atoms with Gasteiger partial charge in [0.1, 0.15) is 0 Å². The summed E-state index contributed by atoms with van der Waals surface area (Å²) in [4.78, 5) is 21.3. The van der Waals surface area contributed by atoms with Crippen LogP contribution in [-0.2, 0) is 11.3 Å². The second kappa shape index (κ2) is 7.56. The molecular formula is C20H28N4O. The van der Waals surface area contributed by atoms with Gasteiger partial charge in [-0.15, -0.1) is 0 Å². The van der Waals surface area contributed by atoms with Crippen LogP contribution in [-0.4, -0.2) is 58.0 Å². The second-order valence-electron chi connectivity index (χ2n) is 7.55. The number of benzene rings is 1. The topological polar surface area (TPSA) is 41.4 Å². The molecule has 0 bridgehead atoms. The number of amides is 1. The third kappa shape index (κ3) is 3.87. The lowest BCUT2D eigenvalue weighted by atomic mass is 9.96. The molecule has 4 rings (SSSR count). The van der Waals surface area contributed by atoms with E-state index in [9.17, 15) is 4.79 Å². The number of hydrogen-bond donors (Lipinski definition) is 0. The van der Waals surface area contributed by atoms with Crippen molar-refractivity contribution in [2.45, 2.75) is 38.6 Å². The van der Waals surface area contributed by atoms with Crippen LogP contribution in [0.2, 0.25) is 0 Å². The van der Waals surface area contributed by atoms with E-state index in [-0.39, 0.29) is 0 Å². The third-order valence-corrected chi connectivity index (χ3v) is 5.76. The number of likely N-dealkylation sites (tertiary alicyclic amines) is 2. The first-order valence-corrected chi connectivity index (χ1v) is 9.69. The molecule has 2 fully saturated rings. The van der Waals surface area contributed by atoms with Crippen LogP contribution in [0.3, 0.4) is 0 Å². The summed E-state index contributed by atoms with van der Waals surface area (Å²) in [6.45, 7) is 5.65. The molecule has 0 spiro atoms. The fraction of sp³-hybridized carbons (Fsp3) is 0.600. The number of rotatable bonds is 4. The van der Waals surface area contributed by atoms with Crippen molar-refractivity contribution in [2.75, 3.05) is 32.7 Å². The zero-order valence-electron chi connectivity index (χ0n) is 14.9. The van der Waals surface area contributed by atoms with Crippen LogP contribution in [0.25, 0.3) is 11.0 Å². The summed E-state index contributed by atoms with van der Waals surface area (Å²) in [5, 5.41) is 0. The molecule has 0 N–H and O–H groups in total. The SMILES string of the molecule is O=C(CN1CCC(Cn2cnc3ccccc32)CC1)N1CCCCC1. The Kier molecular flexibility index (Phi) is 5.02. The molecule has 0 unspecified atom stereocenters. The van der Waals surface area contributed by atoms with E-state index in [1.807, 2.05) is 12.4 Å². The zero-order chi connectivity index (χ0) is 17.1. The van der Waals surface area contributed by atoms with Gasteiger partial charge in [0.15, 0.2) is 0 Å². The first-order chi connectivity index (χ1) is 12.3. The molecule has 1 aromatic carbocycles. The van der Waals surface area contributed by atoms with Crippen LogP contribution >= 0.6 is 0 Å². The van der Waals surface area contributed by atoms with Gasteiger partial charge in [-0.3, -0.25) is 9.69 Å². The Morgan fingerprint density at radius 2 is 1.80 bits per heavy atom. The molecule has 1 amide bonds. The van der Waals surface area contributed by atoms with Crippen LogP contribution < -0.4 is 0 Å². The van der Waals surface area contributed by atoms with Crippen LogP contribution in [0.4, 0.5) is 0 Å². The Morgan fingerprint density at radius 1 is 1.04 bits per heavy atom. The number of carbonyl (C=O) groups excluding carboxylic acids is 1. The largest absolute Gasteiger partial charge is 0.342 e. The predicted molar refractivity (Wildman–Crippen MR) is 99.3 cm³/mol. The fourth-order valence-electron chi connectivity index (χ4n) is 4.20. The van der Waals surface area contributed by atoms with E-state index in [0.29, 0.717) is 18.4 Å². The van der Waals surface area contributed by atoms with Crippen LogP contribution in [0.1, 0.15) is 32.1 Å². The van der Waals surface area contributed by atoms with E-state index in [2.05, 4.69) is 37.5 Å². The molecular weight excluding hydrogens is 312 g/mol. The Hall–Kier alpha value is -1.88. The van der Waals surface area contributed by atoms with E-state index < -0.39 is 0 Å². The van der Waals surface area contributed by atoms with Crippen molar-refractivity contribution < 1.29 is 4.79 Å². The standard InChI is InChI=1S/C20H28N4O/c25-20(23-10-4-1-5-11-23)15-22-12-8-17(9-13-22)14-24-16-21-18-6-2-3-7-19(18)24/h2-3,6-7,16-17H,1,4-5,8-15H2. The van der Waals surface area contributed by atoms with Crippen molar-refractivity contribution in [3.05, 3.63) is 30.6 Å². The number of carbonyl (C=O) groups is 1. The lowest BCUT2D eigenvalue weighted by molar-refractivity contribution is -0.133. The minimum atomic E-state index is 0.332. The van der Waals surface area contributed by atoms with Gasteiger partial charge in [0, 0.05) is 19.6 Å². The molecule has 1 aromatic heterocycles. The molecule has 0 aliphatic carbocycles. The van der Waals surface area contributed by atoms with E-state index in [1.165, 1.54) is 37.6 Å². The highest BCUT2D eigenvalue weighted by atomic mass is 16.2. The molecule has 2 aliphatic heterocycles. The minimum Gasteiger partial charge on any atom is -0.342 e. The summed E-state index contributed by atoms with van der Waals surface area (Å²) >= 11 is 0. The Balaban J connectivity index is 1.27. The van der Waals surface area contributed by atoms with Gasteiger partial charge in [0.05, 0.1) is 23.9 Å². The van der Waals surface area contributed by atoms with Crippen molar-refractivity contribution in [1.29, 1.82) is 0 Å². The van der Waals surface area contributed by atoms with Crippen molar-refractivity contribution in [2.24, 2.45) is 5.92 Å². The first kappa shape index (κ1) is 16.6. The number of aromatic nitrogens is 2. The van der Waals surface area contributed by atoms with Crippen molar-refractivity contribution >= 4 is 16.9 Å². The molecule has 0 radical (unpaired) electrons. The molecule has 2 saturated heterocycles. The summed E-state index contributed by atoms with van der Waals surface area (Å²) in [7, 11) is 0. The second-order valence-corrected chi connectivity index (χ2v) is 7.55. The zero-order valence-corrected chi connectivity index (χ0v) is 14.9. The number of imidazole rings is 1. The van der Waals surface area contributed by atoms with Gasteiger partial charge in [0.2, 0.25) is 5.91 Å². The summed E-state index contributed by atoms with van der Waals surface area (Å²) < 4.78 is 2.29. The Morgan fingerprint density at radius 3 is 2.60 bits per heavy atom. The fourth-order valence-corrected chi connectivity index (χ4v) is 4.20. The molecule has 2 aliphatic rings. The molecule has 25 heavy (non-hydrogen) atoms. The highest BCUT2D eigenvalue weighted by Gasteiger charge is 2.24. The van der Waals surface area contributed by atoms with Gasteiger partial charge in [-0.2, -0.15) is 0 Å². The number of hydrogen-bond acceptors (Lipinski definition) is 3. The molecule has 5 heteroatoms. The Labute approximate surface area is 149 Å².